The van der Waals surface area contributed by atoms with Crippen LogP contribution in [0.5, 0.6) is 5.75 Å². The highest BCUT2D eigenvalue weighted by atomic mass is 33.1. The van der Waals surface area contributed by atoms with Crippen LogP contribution in [0.25, 0.3) is 0 Å². The molecule has 3 N–H and O–H groups in total. The van der Waals surface area contributed by atoms with Gasteiger partial charge >= 0.3 is 0 Å². The van der Waals surface area contributed by atoms with Crippen LogP contribution in [0, 0.1) is 0 Å². The number of anilines is 2. The number of aromatic nitrogens is 5. The molecule has 0 saturated carbocycles. The Morgan fingerprint density at radius 1 is 0.528 bits per heavy atom. The lowest BCUT2D eigenvalue weighted by atomic mass is 10.1. The number of pyridine rings is 5. The van der Waals surface area contributed by atoms with Crippen molar-refractivity contribution >= 4 is 50.9 Å². The summed E-state index contributed by atoms with van der Waals surface area (Å²) in [5.41, 5.74) is 5.60. The summed E-state index contributed by atoms with van der Waals surface area (Å²) in [6, 6.07) is 35.7. The molecule has 0 fully saturated rings. The molecule has 0 saturated heterocycles. The van der Waals surface area contributed by atoms with Crippen molar-refractivity contribution < 1.29 is 19.1 Å². The minimum atomic E-state index is -0.0283. The van der Waals surface area contributed by atoms with Crippen molar-refractivity contribution in [1.29, 1.82) is 0 Å². The number of nitrogens with one attached hydrogen (secondary N) is 3. The quantitative estimate of drug-likeness (QED) is 0.0263. The van der Waals surface area contributed by atoms with Gasteiger partial charge in [0, 0.05) is 89.4 Å². The zero-order valence-corrected chi connectivity index (χ0v) is 43.5. The van der Waals surface area contributed by atoms with Crippen molar-refractivity contribution in [2.75, 3.05) is 29.5 Å². The maximum absolute atomic E-state index is 12.8. The zero-order chi connectivity index (χ0) is 50.4. The van der Waals surface area contributed by atoms with Crippen LogP contribution < -0.4 is 20.7 Å². The Bertz CT molecular complexity index is 2390. The van der Waals surface area contributed by atoms with Gasteiger partial charge in [0.2, 0.25) is 17.7 Å². The fraction of sp³-hybridized carbons (Fsp3) is 0.393. The smallest absolute Gasteiger partial charge is 0.225 e. The van der Waals surface area contributed by atoms with Crippen LogP contribution in [0.15, 0.2) is 133 Å². The highest BCUT2D eigenvalue weighted by molar-refractivity contribution is 8.76. The lowest BCUT2D eigenvalue weighted by molar-refractivity contribution is -0.120. The topological polar surface area (TPSA) is 167 Å². The Morgan fingerprint density at radius 2 is 1.06 bits per heavy atom. The normalized spacial score (nSPS) is 11.2. The molecule has 0 aliphatic heterocycles. The number of ether oxygens (including phenoxy) is 1. The summed E-state index contributed by atoms with van der Waals surface area (Å²) in [6.07, 6.45) is 14.1. The van der Waals surface area contributed by atoms with Gasteiger partial charge in [0.25, 0.3) is 0 Å². The SMILES string of the molecule is CCCCCC(=O)Nc1cccc(CN(Cc2cc(CN(Cc3ccccn3)Cc3cccc(NC(=O)CCCCC)n3)cc(OCCCCNC(=O)CCSSc3ccccn3)c2)Cc2ccccn2)n1. The van der Waals surface area contributed by atoms with Gasteiger partial charge in [-0.15, -0.1) is 0 Å². The van der Waals surface area contributed by atoms with E-state index >= 15 is 0 Å². The van der Waals surface area contributed by atoms with E-state index in [1.807, 2.05) is 103 Å². The van der Waals surface area contributed by atoms with Gasteiger partial charge in [0.05, 0.1) is 29.4 Å². The summed E-state index contributed by atoms with van der Waals surface area (Å²) < 4.78 is 6.54. The van der Waals surface area contributed by atoms with E-state index in [-0.39, 0.29) is 17.7 Å². The van der Waals surface area contributed by atoms with Gasteiger partial charge in [-0.25, -0.2) is 15.0 Å². The number of rotatable bonds is 33. The molecule has 72 heavy (non-hydrogen) atoms. The van der Waals surface area contributed by atoms with Crippen molar-refractivity contribution in [1.82, 2.24) is 40.0 Å². The molecule has 0 bridgehead atoms. The molecule has 0 atom stereocenters. The fourth-order valence-corrected chi connectivity index (χ4v) is 9.74. The minimum Gasteiger partial charge on any atom is -0.494 e. The van der Waals surface area contributed by atoms with Crippen LogP contribution in [0.2, 0.25) is 0 Å². The van der Waals surface area contributed by atoms with Crippen molar-refractivity contribution in [3.05, 3.63) is 162 Å². The molecule has 16 heteroatoms. The summed E-state index contributed by atoms with van der Waals surface area (Å²) in [5.74, 6) is 2.52. The second-order valence-corrected chi connectivity index (χ2v) is 20.1. The lowest BCUT2D eigenvalue weighted by Gasteiger charge is -2.25. The van der Waals surface area contributed by atoms with E-state index in [0.717, 1.165) is 96.0 Å². The molecule has 380 valence electrons. The Balaban J connectivity index is 1.19. The van der Waals surface area contributed by atoms with Crippen LogP contribution in [0.4, 0.5) is 11.6 Å². The van der Waals surface area contributed by atoms with Crippen LogP contribution in [0.1, 0.15) is 118 Å². The molecule has 6 aromatic rings. The molecule has 3 amide bonds. The molecule has 5 aromatic heterocycles. The molecule has 5 heterocycles. The average molecular weight is 1010 g/mol. The highest BCUT2D eigenvalue weighted by Gasteiger charge is 2.17. The van der Waals surface area contributed by atoms with Gasteiger partial charge in [-0.1, -0.05) is 86.7 Å². The number of unbranched alkanes of at least 4 members (excludes halogenated alkanes) is 5. The van der Waals surface area contributed by atoms with E-state index in [9.17, 15) is 14.4 Å². The van der Waals surface area contributed by atoms with Crippen LogP contribution in [-0.2, 0) is 53.7 Å². The molecule has 0 aliphatic rings. The van der Waals surface area contributed by atoms with Crippen LogP contribution in [0.3, 0.4) is 0 Å². The van der Waals surface area contributed by atoms with Gasteiger partial charge in [-0.3, -0.25) is 34.2 Å². The number of hydrogen-bond acceptors (Lipinski definition) is 13. The molecule has 6 rings (SSSR count). The minimum absolute atomic E-state index is 0.0283. The highest BCUT2D eigenvalue weighted by Crippen LogP contribution is 2.29. The van der Waals surface area contributed by atoms with E-state index in [4.69, 9.17) is 14.7 Å². The predicted octanol–water partition coefficient (Wildman–Crippen LogP) is 11.2. The van der Waals surface area contributed by atoms with Crippen LogP contribution >= 0.6 is 21.6 Å². The number of nitrogens with zero attached hydrogens (tertiary/aromatic N) is 7. The molecular weight excluding hydrogens is 941 g/mol. The third-order valence-electron chi connectivity index (χ3n) is 11.4. The summed E-state index contributed by atoms with van der Waals surface area (Å²) >= 11 is 0. The average Bonchev–Trinajstić information content (AvgIpc) is 3.37. The van der Waals surface area contributed by atoms with Crippen molar-refractivity contribution in [2.45, 2.75) is 129 Å². The number of hydrogen-bond donors (Lipinski definition) is 3. The van der Waals surface area contributed by atoms with Gasteiger partial charge < -0.3 is 20.7 Å². The Labute approximate surface area is 433 Å². The molecule has 0 unspecified atom stereocenters. The number of carbonyl (C=O) groups is 3. The zero-order valence-electron chi connectivity index (χ0n) is 41.8. The molecule has 0 radical (unpaired) electrons. The predicted molar refractivity (Wildman–Crippen MR) is 290 cm³/mol. The monoisotopic (exact) mass is 1010 g/mol. The number of amides is 3. The molecular formula is C56H70N10O4S2. The maximum Gasteiger partial charge on any atom is 0.225 e. The first-order valence-corrected chi connectivity index (χ1v) is 27.6. The molecule has 14 nitrogen and oxygen atoms in total. The Morgan fingerprint density at radius 3 is 1.57 bits per heavy atom. The first-order valence-electron chi connectivity index (χ1n) is 25.3. The van der Waals surface area contributed by atoms with E-state index in [1.165, 1.54) is 0 Å². The van der Waals surface area contributed by atoms with E-state index in [2.05, 4.69) is 72.7 Å². The third-order valence-corrected chi connectivity index (χ3v) is 13.6. The number of benzene rings is 1. The molecule has 1 aromatic carbocycles. The van der Waals surface area contributed by atoms with Crippen molar-refractivity contribution in [3.63, 3.8) is 0 Å². The second-order valence-electron chi connectivity index (χ2n) is 17.7. The van der Waals surface area contributed by atoms with E-state index in [1.54, 1.807) is 27.8 Å². The summed E-state index contributed by atoms with van der Waals surface area (Å²) in [7, 11) is 3.21. The van der Waals surface area contributed by atoms with Gasteiger partial charge in [0.1, 0.15) is 22.4 Å². The number of carbonyl (C=O) groups excluding carboxylic acids is 3. The first-order chi connectivity index (χ1) is 35.3. The fourth-order valence-electron chi connectivity index (χ4n) is 7.87. The standard InChI is InChI=1S/C56H70N10O4S2/c1-3-5-7-25-54(68)63-51-23-17-21-48(61-51)42-65(40-46-19-9-12-29-57-46)38-44-35-45(37-50(36-44)70-33-16-15-31-59-53(67)28-34-71-72-56-27-11-14-32-60-56)39-66(41-47-20-10-13-30-58-47)43-49-22-18-24-52(62-49)64-55(69)26-8-6-4-2/h9-14,17-24,27,29-30,32,35-37H,3-8,15-16,25-26,28,31,33-34,38-43H2,1-2H3,(H,59,67)(H,61,63,68)(H,62,64,69). The second kappa shape index (κ2) is 32.0. The Hall–Kier alpha value is -6.20. The van der Waals surface area contributed by atoms with Crippen molar-refractivity contribution in [2.24, 2.45) is 0 Å². The van der Waals surface area contributed by atoms with Gasteiger partial charge in [0.15, 0.2) is 0 Å². The van der Waals surface area contributed by atoms with Crippen LogP contribution in [-0.4, -0.2) is 71.3 Å². The van der Waals surface area contributed by atoms with Crippen molar-refractivity contribution in [3.8, 4) is 5.75 Å². The van der Waals surface area contributed by atoms with Gasteiger partial charge in [-0.05, 0) is 120 Å². The molecule has 0 spiro atoms. The largest absolute Gasteiger partial charge is 0.494 e. The summed E-state index contributed by atoms with van der Waals surface area (Å²) in [4.78, 5) is 66.1. The van der Waals surface area contributed by atoms with Gasteiger partial charge in [-0.2, -0.15) is 0 Å². The third kappa shape index (κ3) is 21.7. The van der Waals surface area contributed by atoms with E-state index in [0.29, 0.717) is 89.1 Å². The first kappa shape index (κ1) is 55.1. The maximum atomic E-state index is 12.8. The lowest BCUT2D eigenvalue weighted by Crippen LogP contribution is -2.25. The summed E-state index contributed by atoms with van der Waals surface area (Å²) in [5, 5.41) is 10.00. The summed E-state index contributed by atoms with van der Waals surface area (Å²) in [6.45, 7) is 8.56. The van der Waals surface area contributed by atoms with E-state index < -0.39 is 0 Å². The molecule has 0 aliphatic carbocycles. The Kier molecular flexibility index (Phi) is 24.5.